The van der Waals surface area contributed by atoms with Gasteiger partial charge in [-0.15, -0.1) is 0 Å². The number of anilines is 2. The Morgan fingerprint density at radius 3 is 2.63 bits per heavy atom. The second-order valence-electron chi connectivity index (χ2n) is 6.66. The van der Waals surface area contributed by atoms with Gasteiger partial charge in [0.2, 0.25) is 0 Å². The van der Waals surface area contributed by atoms with E-state index in [1.165, 1.54) is 4.90 Å². The Hall–Kier alpha value is -4.00. The number of para-hydroxylation sites is 2. The maximum atomic E-state index is 12.9. The molecule has 1 N–H and O–H groups in total. The highest BCUT2D eigenvalue weighted by Crippen LogP contribution is 2.38. The van der Waals surface area contributed by atoms with Gasteiger partial charge in [-0.05, 0) is 42.5 Å². The molecule has 0 saturated heterocycles. The average molecular weight is 404 g/mol. The molecule has 152 valence electrons. The van der Waals surface area contributed by atoms with E-state index >= 15 is 0 Å². The summed E-state index contributed by atoms with van der Waals surface area (Å²) < 4.78 is 16.6. The highest BCUT2D eigenvalue weighted by Gasteiger charge is 2.25. The zero-order valence-electron chi connectivity index (χ0n) is 16.5. The van der Waals surface area contributed by atoms with Gasteiger partial charge in [-0.2, -0.15) is 0 Å². The van der Waals surface area contributed by atoms with Gasteiger partial charge in [0.15, 0.2) is 12.4 Å². The summed E-state index contributed by atoms with van der Waals surface area (Å²) in [5.74, 6) is 1.62. The quantitative estimate of drug-likeness (QED) is 0.693. The van der Waals surface area contributed by atoms with Crippen LogP contribution < -0.4 is 24.4 Å². The molecule has 0 spiro atoms. The van der Waals surface area contributed by atoms with Crippen molar-refractivity contribution in [2.45, 2.75) is 0 Å². The molecule has 2 amide bonds. The molecular weight excluding hydrogens is 384 g/mol. The van der Waals surface area contributed by atoms with Crippen LogP contribution in [0.2, 0.25) is 0 Å². The lowest BCUT2D eigenvalue weighted by atomic mass is 10.1. The number of carbonyl (C=O) groups is 2. The molecule has 0 aromatic heterocycles. The third-order valence-corrected chi connectivity index (χ3v) is 4.66. The number of nitrogens with one attached hydrogen (secondary N) is 1. The molecule has 0 bridgehead atoms. The van der Waals surface area contributed by atoms with Crippen LogP contribution in [0.25, 0.3) is 0 Å². The summed E-state index contributed by atoms with van der Waals surface area (Å²) in [5.41, 5.74) is 1.51. The lowest BCUT2D eigenvalue weighted by Crippen LogP contribution is -2.25. The topological polar surface area (TPSA) is 77.1 Å². The number of carbonyl (C=O) groups excluding carboxylic acids is 2. The Labute approximate surface area is 173 Å². The predicted molar refractivity (Wildman–Crippen MR) is 113 cm³/mol. The maximum Gasteiger partial charge on any atom is 0.262 e. The van der Waals surface area contributed by atoms with Gasteiger partial charge in [0.1, 0.15) is 17.2 Å². The maximum absolute atomic E-state index is 12.9. The molecule has 3 aromatic rings. The van der Waals surface area contributed by atoms with Crippen LogP contribution in [0.5, 0.6) is 23.0 Å². The van der Waals surface area contributed by atoms with Crippen molar-refractivity contribution in [3.05, 3.63) is 72.3 Å². The molecule has 0 saturated carbocycles. The largest absolute Gasteiger partial charge is 0.497 e. The molecular formula is C23H20N2O5. The van der Waals surface area contributed by atoms with E-state index in [2.05, 4.69) is 5.32 Å². The van der Waals surface area contributed by atoms with Crippen LogP contribution in [-0.4, -0.2) is 32.6 Å². The molecule has 30 heavy (non-hydrogen) atoms. The molecule has 7 heteroatoms. The van der Waals surface area contributed by atoms with Crippen molar-refractivity contribution in [3.8, 4) is 23.0 Å². The van der Waals surface area contributed by atoms with E-state index in [9.17, 15) is 9.59 Å². The van der Waals surface area contributed by atoms with E-state index in [1.54, 1.807) is 62.7 Å². The highest BCUT2D eigenvalue weighted by atomic mass is 16.5. The average Bonchev–Trinajstić information content (AvgIpc) is 2.87. The van der Waals surface area contributed by atoms with Crippen molar-refractivity contribution in [1.29, 1.82) is 0 Å². The summed E-state index contributed by atoms with van der Waals surface area (Å²) in [7, 11) is 3.25. The molecule has 0 unspecified atom stereocenters. The Bertz CT molecular complexity index is 1110. The first-order valence-electron chi connectivity index (χ1n) is 9.31. The third kappa shape index (κ3) is 3.91. The molecule has 7 nitrogen and oxygen atoms in total. The summed E-state index contributed by atoms with van der Waals surface area (Å²) in [6.07, 6.45) is 0. The van der Waals surface area contributed by atoms with Crippen LogP contribution in [0.15, 0.2) is 66.7 Å². The zero-order chi connectivity index (χ0) is 21.1. The van der Waals surface area contributed by atoms with E-state index in [-0.39, 0.29) is 18.4 Å². The number of methoxy groups -OCH3 is 1. The van der Waals surface area contributed by atoms with E-state index < -0.39 is 0 Å². The lowest BCUT2D eigenvalue weighted by molar-refractivity contribution is -0.118. The summed E-state index contributed by atoms with van der Waals surface area (Å²) in [6, 6.07) is 19.3. The third-order valence-electron chi connectivity index (χ3n) is 4.66. The number of benzene rings is 3. The Morgan fingerprint density at radius 2 is 1.80 bits per heavy atom. The minimum absolute atomic E-state index is 0.181. The fourth-order valence-corrected chi connectivity index (χ4v) is 3.13. The standard InChI is InChI=1S/C23H20N2O5/c1-25-19-8-3-4-9-21(19)30-20-11-10-15(12-18(20)23(25)27)24-22(26)14-29-17-7-5-6-16(13-17)28-2/h3-13H,14H2,1-2H3,(H,24,26). The second-order valence-corrected chi connectivity index (χ2v) is 6.66. The van der Waals surface area contributed by atoms with E-state index in [0.29, 0.717) is 39.9 Å². The minimum Gasteiger partial charge on any atom is -0.497 e. The number of hydrogen-bond donors (Lipinski definition) is 1. The fraction of sp³-hybridized carbons (Fsp3) is 0.130. The van der Waals surface area contributed by atoms with Crippen LogP contribution in [-0.2, 0) is 4.79 Å². The number of fused-ring (bicyclic) bond motifs is 2. The molecule has 3 aromatic carbocycles. The Balaban J connectivity index is 1.48. The highest BCUT2D eigenvalue weighted by molar-refractivity contribution is 6.10. The van der Waals surface area contributed by atoms with Gasteiger partial charge in [-0.3, -0.25) is 9.59 Å². The normalized spacial score (nSPS) is 12.2. The van der Waals surface area contributed by atoms with Gasteiger partial charge in [-0.25, -0.2) is 0 Å². The molecule has 4 rings (SSSR count). The molecule has 0 fully saturated rings. The molecule has 0 radical (unpaired) electrons. The van der Waals surface area contributed by atoms with Crippen molar-refractivity contribution < 1.29 is 23.8 Å². The van der Waals surface area contributed by atoms with Crippen LogP contribution in [0.3, 0.4) is 0 Å². The first-order chi connectivity index (χ1) is 14.5. The smallest absolute Gasteiger partial charge is 0.262 e. The number of hydrogen-bond acceptors (Lipinski definition) is 5. The van der Waals surface area contributed by atoms with Crippen molar-refractivity contribution >= 4 is 23.2 Å². The number of ether oxygens (including phenoxy) is 3. The van der Waals surface area contributed by atoms with Crippen molar-refractivity contribution in [3.63, 3.8) is 0 Å². The Morgan fingerprint density at radius 1 is 1.00 bits per heavy atom. The summed E-state index contributed by atoms with van der Waals surface area (Å²) >= 11 is 0. The molecule has 1 aliphatic heterocycles. The van der Waals surface area contributed by atoms with Crippen LogP contribution in [0.4, 0.5) is 11.4 Å². The van der Waals surface area contributed by atoms with Crippen LogP contribution in [0, 0.1) is 0 Å². The molecule has 0 atom stereocenters. The van der Waals surface area contributed by atoms with Gasteiger partial charge >= 0.3 is 0 Å². The SMILES string of the molecule is COc1cccc(OCC(=O)Nc2ccc3c(c2)C(=O)N(C)c2ccccc2O3)c1. The fourth-order valence-electron chi connectivity index (χ4n) is 3.13. The number of nitrogens with zero attached hydrogens (tertiary/aromatic N) is 1. The second kappa shape index (κ2) is 8.16. The minimum atomic E-state index is -0.351. The lowest BCUT2D eigenvalue weighted by Gasteiger charge is -2.16. The first-order valence-corrected chi connectivity index (χ1v) is 9.31. The first kappa shape index (κ1) is 19.3. The number of amides is 2. The van der Waals surface area contributed by atoms with Gasteiger partial charge in [0.05, 0.1) is 18.4 Å². The van der Waals surface area contributed by atoms with E-state index in [4.69, 9.17) is 14.2 Å². The molecule has 1 aliphatic rings. The van der Waals surface area contributed by atoms with Crippen molar-refractivity contribution in [2.75, 3.05) is 31.0 Å². The van der Waals surface area contributed by atoms with Crippen LogP contribution in [0.1, 0.15) is 10.4 Å². The summed E-state index contributed by atoms with van der Waals surface area (Å²) in [6.45, 7) is -0.181. The van der Waals surface area contributed by atoms with Crippen molar-refractivity contribution in [1.82, 2.24) is 0 Å². The van der Waals surface area contributed by atoms with Crippen LogP contribution >= 0.6 is 0 Å². The summed E-state index contributed by atoms with van der Waals surface area (Å²) in [5, 5.41) is 2.75. The Kier molecular flexibility index (Phi) is 5.26. The zero-order valence-corrected chi connectivity index (χ0v) is 16.5. The van der Waals surface area contributed by atoms with E-state index in [1.807, 2.05) is 18.2 Å². The van der Waals surface area contributed by atoms with Gasteiger partial charge in [0, 0.05) is 18.8 Å². The predicted octanol–water partition coefficient (Wildman–Crippen LogP) is 4.10. The van der Waals surface area contributed by atoms with Gasteiger partial charge in [-0.1, -0.05) is 18.2 Å². The molecule has 0 aliphatic carbocycles. The van der Waals surface area contributed by atoms with Gasteiger partial charge in [0.25, 0.3) is 11.8 Å². The van der Waals surface area contributed by atoms with Crippen molar-refractivity contribution in [2.24, 2.45) is 0 Å². The summed E-state index contributed by atoms with van der Waals surface area (Å²) in [4.78, 5) is 26.7. The monoisotopic (exact) mass is 404 g/mol. The molecule has 1 heterocycles. The number of rotatable bonds is 5. The van der Waals surface area contributed by atoms with Gasteiger partial charge < -0.3 is 24.4 Å². The van der Waals surface area contributed by atoms with E-state index in [0.717, 1.165) is 0 Å².